The highest BCUT2D eigenvalue weighted by molar-refractivity contribution is 6.41. The minimum atomic E-state index is -0.127. The van der Waals surface area contributed by atoms with E-state index >= 15 is 0 Å². The number of ketones is 1. The van der Waals surface area contributed by atoms with Gasteiger partial charge in [-0.25, -0.2) is 15.0 Å². The highest BCUT2D eigenvalue weighted by atomic mass is 35.5. The summed E-state index contributed by atoms with van der Waals surface area (Å²) >= 11 is 13.5. The number of hydrogen-bond donors (Lipinski definition) is 3. The number of benzene rings is 1. The van der Waals surface area contributed by atoms with Gasteiger partial charge < -0.3 is 30.0 Å². The third-order valence-corrected chi connectivity index (χ3v) is 8.75. The Morgan fingerprint density at radius 1 is 1.21 bits per heavy atom. The number of carbonyl (C=O) groups is 1. The van der Waals surface area contributed by atoms with Gasteiger partial charge in [-0.05, 0) is 31.5 Å². The zero-order valence-electron chi connectivity index (χ0n) is 24.2. The van der Waals surface area contributed by atoms with Gasteiger partial charge in [-0.2, -0.15) is 0 Å². The molecule has 0 saturated carbocycles. The number of aromatic nitrogens is 3. The molecule has 4 heterocycles. The molecule has 2 aromatic heterocycles. The molecule has 0 spiro atoms. The third kappa shape index (κ3) is 6.81. The summed E-state index contributed by atoms with van der Waals surface area (Å²) in [6.45, 7) is 6.86. The van der Waals surface area contributed by atoms with Crippen molar-refractivity contribution in [2.75, 3.05) is 64.3 Å². The molecule has 11 nitrogen and oxygen atoms in total. The molecule has 0 bridgehead atoms. The lowest BCUT2D eigenvalue weighted by molar-refractivity contribution is -0.115. The normalized spacial score (nSPS) is 20.3. The van der Waals surface area contributed by atoms with Crippen molar-refractivity contribution in [3.8, 4) is 22.8 Å². The number of halogens is 2. The molecule has 3 N–H and O–H groups in total. The van der Waals surface area contributed by atoms with Gasteiger partial charge in [0, 0.05) is 54.7 Å². The molecule has 2 aliphatic rings. The fourth-order valence-corrected chi connectivity index (χ4v) is 6.35. The molecule has 2 saturated heterocycles. The van der Waals surface area contributed by atoms with Crippen LogP contribution in [0.4, 0.5) is 11.8 Å². The second-order valence-electron chi connectivity index (χ2n) is 10.6. The number of anilines is 2. The number of fused-ring (bicyclic) bond motifs is 1. The van der Waals surface area contributed by atoms with Crippen LogP contribution in [0.3, 0.4) is 0 Å². The summed E-state index contributed by atoms with van der Waals surface area (Å²) < 4.78 is 16.6. The molecular weight excluding hydrogens is 595 g/mol. The lowest BCUT2D eigenvalue weighted by atomic mass is 9.97. The van der Waals surface area contributed by atoms with E-state index in [0.29, 0.717) is 81.7 Å². The van der Waals surface area contributed by atoms with Gasteiger partial charge in [0.2, 0.25) is 5.95 Å². The standard InChI is InChI=1S/C30H36Cl2N6O5/c1-4-20(40)10-18-15-43-16-22(18)36-30-34-13-17-11-21(25-26(31)23(41-2)12-24(42-3)27(25)32)35-29(28(17)37-30)33-7-9-38-8-5-6-19(38)14-39/h4,11-13,18-19,22,39H,1,5-10,14-16H2,2-3H3,(H,33,35)(H,34,36,37)/t18-,19?,22+/m0/s1. The number of pyridine rings is 1. The van der Waals surface area contributed by atoms with Gasteiger partial charge in [0.15, 0.2) is 11.6 Å². The number of aliphatic hydroxyl groups is 1. The van der Waals surface area contributed by atoms with Crippen molar-refractivity contribution in [3.05, 3.63) is 41.0 Å². The van der Waals surface area contributed by atoms with Crippen molar-refractivity contribution in [1.82, 2.24) is 19.9 Å². The van der Waals surface area contributed by atoms with Crippen LogP contribution in [0, 0.1) is 5.92 Å². The molecule has 0 aliphatic carbocycles. The van der Waals surface area contributed by atoms with E-state index in [2.05, 4.69) is 27.1 Å². The van der Waals surface area contributed by atoms with Gasteiger partial charge in [0.05, 0.1) is 55.8 Å². The second kappa shape index (κ2) is 14.0. The molecule has 13 heteroatoms. The van der Waals surface area contributed by atoms with Crippen molar-refractivity contribution < 1.29 is 24.1 Å². The molecule has 0 amide bonds. The van der Waals surface area contributed by atoms with E-state index < -0.39 is 0 Å². The molecule has 2 aliphatic heterocycles. The fourth-order valence-electron chi connectivity index (χ4n) is 5.65. The Morgan fingerprint density at radius 3 is 2.67 bits per heavy atom. The monoisotopic (exact) mass is 630 g/mol. The second-order valence-corrected chi connectivity index (χ2v) is 11.4. The van der Waals surface area contributed by atoms with Gasteiger partial charge in [0.25, 0.3) is 0 Å². The summed E-state index contributed by atoms with van der Waals surface area (Å²) in [4.78, 5) is 28.6. The van der Waals surface area contributed by atoms with Crippen LogP contribution in [0.1, 0.15) is 19.3 Å². The SMILES string of the molecule is C=CC(=O)C[C@H]1COC[C@H]1Nc1ncc2cc(-c3c(Cl)c(OC)cc(OC)c3Cl)nc(NCCN3CCCC3CO)c2n1. The van der Waals surface area contributed by atoms with Gasteiger partial charge >= 0.3 is 0 Å². The number of nitrogens with one attached hydrogen (secondary N) is 2. The number of hydrogen-bond acceptors (Lipinski definition) is 11. The number of rotatable bonds is 13. The van der Waals surface area contributed by atoms with Gasteiger partial charge in [-0.15, -0.1) is 0 Å². The number of ether oxygens (including phenoxy) is 3. The van der Waals surface area contributed by atoms with E-state index in [1.807, 2.05) is 6.07 Å². The molecule has 43 heavy (non-hydrogen) atoms. The smallest absolute Gasteiger partial charge is 0.223 e. The summed E-state index contributed by atoms with van der Waals surface area (Å²) in [5, 5.41) is 17.9. The Kier molecular flexibility index (Phi) is 10.2. The van der Waals surface area contributed by atoms with Crippen LogP contribution in [0.15, 0.2) is 31.0 Å². The molecule has 1 unspecified atom stereocenters. The van der Waals surface area contributed by atoms with Crippen LogP contribution in [-0.4, -0.2) is 96.5 Å². The number of aliphatic hydroxyl groups excluding tert-OH is 1. The van der Waals surface area contributed by atoms with Crippen molar-refractivity contribution in [2.45, 2.75) is 31.3 Å². The number of likely N-dealkylation sites (tertiary alicyclic amines) is 1. The summed E-state index contributed by atoms with van der Waals surface area (Å²) in [5.74, 6) is 1.67. The Morgan fingerprint density at radius 2 is 1.98 bits per heavy atom. The van der Waals surface area contributed by atoms with E-state index in [1.54, 1.807) is 12.3 Å². The van der Waals surface area contributed by atoms with E-state index in [4.69, 9.17) is 47.4 Å². The maximum absolute atomic E-state index is 12.0. The van der Waals surface area contributed by atoms with Crippen LogP contribution in [0.5, 0.6) is 11.5 Å². The van der Waals surface area contributed by atoms with E-state index in [9.17, 15) is 9.90 Å². The molecule has 3 atom stereocenters. The first kappa shape index (κ1) is 31.2. The number of allylic oxidation sites excluding steroid dienone is 1. The number of nitrogens with zero attached hydrogens (tertiary/aromatic N) is 4. The molecule has 2 fully saturated rings. The molecule has 1 aromatic carbocycles. The molecule has 3 aromatic rings. The van der Waals surface area contributed by atoms with Crippen molar-refractivity contribution >= 4 is 51.7 Å². The minimum absolute atomic E-state index is 0.0184. The van der Waals surface area contributed by atoms with Gasteiger partial charge in [-0.3, -0.25) is 9.69 Å². The minimum Gasteiger partial charge on any atom is -0.495 e. The fraction of sp³-hybridized carbons (Fsp3) is 0.467. The molecule has 5 rings (SSSR count). The number of methoxy groups -OCH3 is 2. The summed E-state index contributed by atoms with van der Waals surface area (Å²) in [7, 11) is 3.04. The highest BCUT2D eigenvalue weighted by Gasteiger charge is 2.30. The zero-order chi connectivity index (χ0) is 30.5. The summed E-state index contributed by atoms with van der Waals surface area (Å²) in [6.07, 6.45) is 5.42. The Hall–Kier alpha value is -3.22. The summed E-state index contributed by atoms with van der Waals surface area (Å²) in [5.41, 5.74) is 1.55. The van der Waals surface area contributed by atoms with Crippen LogP contribution < -0.4 is 20.1 Å². The summed E-state index contributed by atoms with van der Waals surface area (Å²) in [6, 6.07) is 3.49. The van der Waals surface area contributed by atoms with E-state index in [0.717, 1.165) is 25.9 Å². The Labute approximate surface area is 260 Å². The first-order chi connectivity index (χ1) is 20.9. The highest BCUT2D eigenvalue weighted by Crippen LogP contribution is 2.46. The predicted molar refractivity (Wildman–Crippen MR) is 168 cm³/mol. The topological polar surface area (TPSA) is 131 Å². The predicted octanol–water partition coefficient (Wildman–Crippen LogP) is 4.46. The lowest BCUT2D eigenvalue weighted by Gasteiger charge is -2.23. The van der Waals surface area contributed by atoms with Crippen LogP contribution >= 0.6 is 23.2 Å². The largest absolute Gasteiger partial charge is 0.495 e. The maximum atomic E-state index is 12.0. The van der Waals surface area contributed by atoms with Crippen molar-refractivity contribution in [3.63, 3.8) is 0 Å². The quantitative estimate of drug-likeness (QED) is 0.231. The average molecular weight is 632 g/mol. The third-order valence-electron chi connectivity index (χ3n) is 8.00. The van der Waals surface area contributed by atoms with Crippen LogP contribution in [0.2, 0.25) is 10.0 Å². The van der Waals surface area contributed by atoms with Crippen molar-refractivity contribution in [2.24, 2.45) is 5.92 Å². The Balaban J connectivity index is 1.51. The Bertz CT molecular complexity index is 1460. The van der Waals surface area contributed by atoms with Gasteiger partial charge in [-0.1, -0.05) is 29.8 Å². The first-order valence-electron chi connectivity index (χ1n) is 14.2. The van der Waals surface area contributed by atoms with Gasteiger partial charge in [0.1, 0.15) is 17.0 Å². The van der Waals surface area contributed by atoms with Crippen LogP contribution in [-0.2, 0) is 9.53 Å². The average Bonchev–Trinajstić information content (AvgIpc) is 3.66. The first-order valence-corrected chi connectivity index (χ1v) is 15.0. The van der Waals surface area contributed by atoms with E-state index in [1.165, 1.54) is 20.3 Å². The van der Waals surface area contributed by atoms with Crippen LogP contribution in [0.25, 0.3) is 22.2 Å². The van der Waals surface area contributed by atoms with E-state index in [-0.39, 0.29) is 30.4 Å². The zero-order valence-corrected chi connectivity index (χ0v) is 25.7. The molecular formula is C30H36Cl2N6O5. The molecule has 0 radical (unpaired) electrons. The number of carbonyl (C=O) groups excluding carboxylic acids is 1. The maximum Gasteiger partial charge on any atom is 0.223 e. The molecule has 230 valence electrons. The van der Waals surface area contributed by atoms with Crippen molar-refractivity contribution in [1.29, 1.82) is 0 Å². The lowest BCUT2D eigenvalue weighted by Crippen LogP contribution is -2.35.